The molecule has 134 valence electrons. The van der Waals surface area contributed by atoms with Crippen molar-refractivity contribution >= 4 is 23.2 Å². The van der Waals surface area contributed by atoms with Crippen LogP contribution in [0.5, 0.6) is 0 Å². The maximum absolute atomic E-state index is 12.7. The Morgan fingerprint density at radius 1 is 1.23 bits per heavy atom. The van der Waals surface area contributed by atoms with Crippen LogP contribution < -0.4 is 10.2 Å². The van der Waals surface area contributed by atoms with E-state index in [9.17, 15) is 9.59 Å². The maximum Gasteiger partial charge on any atom is 0.257 e. The fourth-order valence-electron chi connectivity index (χ4n) is 3.92. The highest BCUT2D eigenvalue weighted by molar-refractivity contribution is 6.08. The average Bonchev–Trinajstić information content (AvgIpc) is 3.16. The van der Waals surface area contributed by atoms with E-state index in [1.807, 2.05) is 42.3 Å². The van der Waals surface area contributed by atoms with Crippen molar-refractivity contribution in [2.24, 2.45) is 0 Å². The van der Waals surface area contributed by atoms with Crippen molar-refractivity contribution in [1.29, 1.82) is 0 Å². The molecule has 0 unspecified atom stereocenters. The van der Waals surface area contributed by atoms with Crippen LogP contribution in [0.2, 0.25) is 0 Å². The van der Waals surface area contributed by atoms with Crippen molar-refractivity contribution in [2.75, 3.05) is 23.8 Å². The Bertz CT molecular complexity index is 877. The van der Waals surface area contributed by atoms with E-state index in [0.717, 1.165) is 37.2 Å². The van der Waals surface area contributed by atoms with Gasteiger partial charge in [-0.05, 0) is 55.2 Å². The smallest absolute Gasteiger partial charge is 0.257 e. The fourth-order valence-corrected chi connectivity index (χ4v) is 3.92. The highest BCUT2D eigenvalue weighted by Crippen LogP contribution is 2.35. The number of aryl methyl sites for hydroxylation is 1. The van der Waals surface area contributed by atoms with Gasteiger partial charge in [0, 0.05) is 24.8 Å². The molecule has 2 amide bonds. The second-order valence-electron chi connectivity index (χ2n) is 6.97. The van der Waals surface area contributed by atoms with Crippen molar-refractivity contribution in [1.82, 2.24) is 4.90 Å². The summed E-state index contributed by atoms with van der Waals surface area (Å²) in [4.78, 5) is 29.4. The predicted molar refractivity (Wildman–Crippen MR) is 103 cm³/mol. The van der Waals surface area contributed by atoms with Gasteiger partial charge in [-0.1, -0.05) is 19.1 Å². The second kappa shape index (κ2) is 6.48. The molecule has 0 saturated carbocycles. The number of fused-ring (bicyclic) bond motifs is 2. The number of nitrogens with one attached hydrogen (secondary N) is 1. The van der Waals surface area contributed by atoms with Crippen molar-refractivity contribution < 1.29 is 9.59 Å². The van der Waals surface area contributed by atoms with Crippen LogP contribution in [-0.4, -0.2) is 36.5 Å². The van der Waals surface area contributed by atoms with Crippen molar-refractivity contribution in [3.63, 3.8) is 0 Å². The van der Waals surface area contributed by atoms with Crippen molar-refractivity contribution in [2.45, 2.75) is 32.4 Å². The number of nitrogens with zero attached hydrogens (tertiary/aromatic N) is 2. The normalized spacial score (nSPS) is 18.5. The first-order chi connectivity index (χ1) is 12.6. The van der Waals surface area contributed by atoms with Crippen LogP contribution in [0.3, 0.4) is 0 Å². The second-order valence-corrected chi connectivity index (χ2v) is 6.97. The third-order valence-electron chi connectivity index (χ3n) is 5.39. The van der Waals surface area contributed by atoms with E-state index >= 15 is 0 Å². The number of carbonyl (C=O) groups excluding carboxylic acids is 2. The zero-order chi connectivity index (χ0) is 18.3. The Morgan fingerprint density at radius 2 is 2.08 bits per heavy atom. The minimum atomic E-state index is -0.157. The summed E-state index contributed by atoms with van der Waals surface area (Å²) in [6.45, 7) is 2.90. The lowest BCUT2D eigenvalue weighted by atomic mass is 10.0. The van der Waals surface area contributed by atoms with Gasteiger partial charge >= 0.3 is 0 Å². The molecular weight excluding hydrogens is 326 g/mol. The van der Waals surface area contributed by atoms with Gasteiger partial charge in [0.2, 0.25) is 0 Å². The molecule has 0 radical (unpaired) electrons. The summed E-state index contributed by atoms with van der Waals surface area (Å²) >= 11 is 0. The Morgan fingerprint density at radius 3 is 2.88 bits per heavy atom. The average molecular weight is 349 g/mol. The van der Waals surface area contributed by atoms with E-state index in [1.54, 1.807) is 12.1 Å². The standard InChI is InChI=1S/C21H23N3O2/c1-3-14-6-4-7-16(12-14)22-20(25)15-9-10-17-18(13-15)23(2)19-8-5-11-24(19)21(17)26/h4,6-7,9-10,12-13,19H,3,5,8,11H2,1-2H3,(H,22,25)/t19-/m1/s1. The molecule has 1 saturated heterocycles. The molecule has 1 N–H and O–H groups in total. The number of hydrogen-bond acceptors (Lipinski definition) is 3. The molecule has 2 aliphatic heterocycles. The fraction of sp³-hybridized carbons (Fsp3) is 0.333. The van der Waals surface area contributed by atoms with Gasteiger partial charge in [0.15, 0.2) is 0 Å². The number of rotatable bonds is 3. The van der Waals surface area contributed by atoms with Gasteiger partial charge in [-0.15, -0.1) is 0 Å². The van der Waals surface area contributed by atoms with Gasteiger partial charge in [0.05, 0.1) is 11.3 Å². The first-order valence-electron chi connectivity index (χ1n) is 9.16. The Kier molecular flexibility index (Phi) is 4.15. The summed E-state index contributed by atoms with van der Waals surface area (Å²) < 4.78 is 0. The third kappa shape index (κ3) is 2.73. The topological polar surface area (TPSA) is 52.7 Å². The highest BCUT2D eigenvalue weighted by Gasteiger charge is 2.38. The van der Waals surface area contributed by atoms with E-state index in [2.05, 4.69) is 17.1 Å². The molecule has 26 heavy (non-hydrogen) atoms. The monoisotopic (exact) mass is 349 g/mol. The zero-order valence-electron chi connectivity index (χ0n) is 15.2. The minimum Gasteiger partial charge on any atom is -0.354 e. The minimum absolute atomic E-state index is 0.0724. The quantitative estimate of drug-likeness (QED) is 0.922. The van der Waals surface area contributed by atoms with Crippen LogP contribution in [0.1, 0.15) is 46.0 Å². The van der Waals surface area contributed by atoms with Crippen LogP contribution in [0.4, 0.5) is 11.4 Å². The van der Waals surface area contributed by atoms with Crippen LogP contribution in [-0.2, 0) is 6.42 Å². The lowest BCUT2D eigenvalue weighted by Gasteiger charge is -2.40. The third-order valence-corrected chi connectivity index (χ3v) is 5.39. The molecule has 1 fully saturated rings. The largest absolute Gasteiger partial charge is 0.354 e. The molecule has 4 rings (SSSR count). The highest BCUT2D eigenvalue weighted by atomic mass is 16.2. The first-order valence-corrected chi connectivity index (χ1v) is 9.16. The van der Waals surface area contributed by atoms with Gasteiger partial charge in [0.25, 0.3) is 11.8 Å². The summed E-state index contributed by atoms with van der Waals surface area (Å²) in [6.07, 6.45) is 3.03. The first kappa shape index (κ1) is 16.6. The molecule has 1 atom stereocenters. The zero-order valence-corrected chi connectivity index (χ0v) is 15.2. The lowest BCUT2D eigenvalue weighted by molar-refractivity contribution is 0.0719. The Labute approximate surface area is 153 Å². The van der Waals surface area contributed by atoms with Crippen LogP contribution in [0.15, 0.2) is 42.5 Å². The van der Waals surface area contributed by atoms with Gasteiger partial charge in [-0.25, -0.2) is 0 Å². The maximum atomic E-state index is 12.7. The Balaban J connectivity index is 1.61. The predicted octanol–water partition coefficient (Wildman–Crippen LogP) is 3.51. The molecule has 0 spiro atoms. The molecule has 5 nitrogen and oxygen atoms in total. The van der Waals surface area contributed by atoms with Crippen molar-refractivity contribution in [3.8, 4) is 0 Å². The van der Waals surface area contributed by atoms with Gasteiger partial charge in [-0.2, -0.15) is 0 Å². The molecule has 0 aliphatic carbocycles. The van der Waals surface area contributed by atoms with Gasteiger partial charge in [-0.3, -0.25) is 9.59 Å². The summed E-state index contributed by atoms with van der Waals surface area (Å²) in [5.41, 5.74) is 4.05. The number of anilines is 2. The van der Waals surface area contributed by atoms with E-state index in [-0.39, 0.29) is 18.0 Å². The van der Waals surface area contributed by atoms with Crippen LogP contribution >= 0.6 is 0 Å². The lowest BCUT2D eigenvalue weighted by Crippen LogP contribution is -2.50. The molecular formula is C21H23N3O2. The van der Waals surface area contributed by atoms with E-state index in [0.29, 0.717) is 11.1 Å². The molecule has 2 heterocycles. The Hall–Kier alpha value is -2.82. The van der Waals surface area contributed by atoms with Gasteiger partial charge in [0.1, 0.15) is 6.17 Å². The SMILES string of the molecule is CCc1cccc(NC(=O)c2ccc3c(c2)N(C)[C@H]2CCCN2C3=O)c1. The molecule has 2 aromatic rings. The number of amides is 2. The molecule has 0 aromatic heterocycles. The number of hydrogen-bond donors (Lipinski definition) is 1. The van der Waals surface area contributed by atoms with Crippen molar-refractivity contribution in [3.05, 3.63) is 59.2 Å². The van der Waals surface area contributed by atoms with Crippen LogP contribution in [0, 0.1) is 0 Å². The summed E-state index contributed by atoms with van der Waals surface area (Å²) in [6, 6.07) is 13.2. The summed E-state index contributed by atoms with van der Waals surface area (Å²) in [7, 11) is 2.00. The number of benzene rings is 2. The van der Waals surface area contributed by atoms with Gasteiger partial charge < -0.3 is 15.1 Å². The molecule has 2 aromatic carbocycles. The molecule has 5 heteroatoms. The van der Waals surface area contributed by atoms with Crippen LogP contribution in [0.25, 0.3) is 0 Å². The van der Waals surface area contributed by atoms with E-state index in [4.69, 9.17) is 0 Å². The van der Waals surface area contributed by atoms with E-state index < -0.39 is 0 Å². The molecule has 0 bridgehead atoms. The summed E-state index contributed by atoms with van der Waals surface area (Å²) in [5.74, 6) is -0.0843. The summed E-state index contributed by atoms with van der Waals surface area (Å²) in [5, 5.41) is 2.96. The van der Waals surface area contributed by atoms with E-state index in [1.165, 1.54) is 5.56 Å². The number of carbonyl (C=O) groups is 2. The molecule has 2 aliphatic rings.